The Morgan fingerprint density at radius 2 is 2.00 bits per heavy atom. The Bertz CT molecular complexity index is 550. The fraction of sp³-hybridized carbons (Fsp3) is 0.842. The van der Waals surface area contributed by atoms with E-state index in [4.69, 9.17) is 4.74 Å². The van der Waals surface area contributed by atoms with Gasteiger partial charge in [-0.2, -0.15) is 0 Å². The van der Waals surface area contributed by atoms with Gasteiger partial charge in [0.2, 0.25) is 0 Å². The standard InChI is InChI=1S/C19H26O2/c1-18-7-5-12(20)9-11(18)3-4-13-14(18)6-8-19(2)15(13)10-16-17(19)21-16/h9,13-17H,3-8,10H2,1-2H3. The van der Waals surface area contributed by atoms with Crippen LogP contribution in [-0.4, -0.2) is 18.0 Å². The Labute approximate surface area is 127 Å². The minimum atomic E-state index is 0.325. The summed E-state index contributed by atoms with van der Waals surface area (Å²) in [5.41, 5.74) is 2.28. The van der Waals surface area contributed by atoms with Crippen molar-refractivity contribution in [3.8, 4) is 0 Å². The molecule has 0 spiro atoms. The van der Waals surface area contributed by atoms with Crippen molar-refractivity contribution in [2.75, 3.05) is 0 Å². The SMILES string of the molecule is CC12CCC(=O)C=C1CCC1C2CCC2(C)C1CC1OC12. The van der Waals surface area contributed by atoms with Crippen LogP contribution in [0.3, 0.4) is 0 Å². The second kappa shape index (κ2) is 3.82. The molecular formula is C19H26O2. The molecule has 0 aromatic rings. The van der Waals surface area contributed by atoms with Gasteiger partial charge in [0, 0.05) is 6.42 Å². The first-order valence-corrected chi connectivity index (χ1v) is 8.92. The fourth-order valence-electron chi connectivity index (χ4n) is 6.86. The molecule has 0 N–H and O–H groups in total. The Balaban J connectivity index is 1.51. The van der Waals surface area contributed by atoms with Gasteiger partial charge in [0.1, 0.15) is 0 Å². The van der Waals surface area contributed by atoms with Crippen LogP contribution in [0, 0.1) is 28.6 Å². The summed E-state index contributed by atoms with van der Waals surface area (Å²) in [6.45, 7) is 4.97. The first kappa shape index (κ1) is 12.9. The van der Waals surface area contributed by atoms with Crippen LogP contribution in [0.15, 0.2) is 11.6 Å². The Kier molecular flexibility index (Phi) is 2.34. The lowest BCUT2D eigenvalue weighted by atomic mass is 9.47. The maximum absolute atomic E-state index is 11.8. The van der Waals surface area contributed by atoms with Crippen LogP contribution in [0.1, 0.15) is 58.8 Å². The summed E-state index contributed by atoms with van der Waals surface area (Å²) in [7, 11) is 0. The lowest BCUT2D eigenvalue weighted by Crippen LogP contribution is -2.50. The first-order chi connectivity index (χ1) is 10.0. The molecule has 0 bridgehead atoms. The van der Waals surface area contributed by atoms with Gasteiger partial charge in [0.25, 0.3) is 0 Å². The summed E-state index contributed by atoms with van der Waals surface area (Å²) in [6, 6.07) is 0. The highest BCUT2D eigenvalue weighted by molar-refractivity contribution is 5.91. The zero-order valence-corrected chi connectivity index (χ0v) is 13.2. The first-order valence-electron chi connectivity index (χ1n) is 8.92. The molecule has 7 unspecified atom stereocenters. The third-order valence-corrected chi connectivity index (χ3v) is 8.12. The number of hydrogen-bond donors (Lipinski definition) is 0. The fourth-order valence-corrected chi connectivity index (χ4v) is 6.86. The number of carbonyl (C=O) groups is 1. The van der Waals surface area contributed by atoms with Crippen LogP contribution in [0.25, 0.3) is 0 Å². The van der Waals surface area contributed by atoms with E-state index in [-0.39, 0.29) is 0 Å². The van der Waals surface area contributed by atoms with Gasteiger partial charge in [-0.3, -0.25) is 4.79 Å². The predicted octanol–water partition coefficient (Wildman–Crippen LogP) is 3.90. The zero-order valence-electron chi connectivity index (χ0n) is 13.2. The van der Waals surface area contributed by atoms with E-state index >= 15 is 0 Å². The zero-order chi connectivity index (χ0) is 14.4. The molecule has 1 aliphatic heterocycles. The van der Waals surface area contributed by atoms with Crippen molar-refractivity contribution < 1.29 is 9.53 Å². The van der Waals surface area contributed by atoms with Crippen molar-refractivity contribution in [2.24, 2.45) is 28.6 Å². The molecule has 0 radical (unpaired) electrons. The summed E-state index contributed by atoms with van der Waals surface area (Å²) < 4.78 is 5.89. The lowest BCUT2D eigenvalue weighted by molar-refractivity contribution is -0.117. The topological polar surface area (TPSA) is 29.6 Å². The molecule has 2 nitrogen and oxygen atoms in total. The minimum absolute atomic E-state index is 0.325. The highest BCUT2D eigenvalue weighted by atomic mass is 16.6. The van der Waals surface area contributed by atoms with Crippen LogP contribution in [0.5, 0.6) is 0 Å². The Hall–Kier alpha value is -0.630. The molecule has 21 heavy (non-hydrogen) atoms. The van der Waals surface area contributed by atoms with E-state index < -0.39 is 0 Å². The van der Waals surface area contributed by atoms with Crippen LogP contribution in [0.2, 0.25) is 0 Å². The number of hydrogen-bond acceptors (Lipinski definition) is 2. The third-order valence-electron chi connectivity index (χ3n) is 8.12. The van der Waals surface area contributed by atoms with Crippen LogP contribution in [0.4, 0.5) is 0 Å². The van der Waals surface area contributed by atoms with Gasteiger partial charge >= 0.3 is 0 Å². The van der Waals surface area contributed by atoms with Crippen LogP contribution < -0.4 is 0 Å². The molecule has 1 saturated heterocycles. The van der Waals surface area contributed by atoms with E-state index in [1.54, 1.807) is 0 Å². The molecular weight excluding hydrogens is 260 g/mol. The smallest absolute Gasteiger partial charge is 0.155 e. The minimum Gasteiger partial charge on any atom is -0.369 e. The number of fused-ring (bicyclic) bond motifs is 7. The summed E-state index contributed by atoms with van der Waals surface area (Å²) in [6.07, 6.45) is 11.6. The van der Waals surface area contributed by atoms with Crippen molar-refractivity contribution in [1.29, 1.82) is 0 Å². The van der Waals surface area contributed by atoms with Gasteiger partial charge in [-0.05, 0) is 73.2 Å². The molecule has 2 heteroatoms. The van der Waals surface area contributed by atoms with Crippen molar-refractivity contribution in [3.05, 3.63) is 11.6 Å². The van der Waals surface area contributed by atoms with Gasteiger partial charge in [-0.15, -0.1) is 0 Å². The van der Waals surface area contributed by atoms with Gasteiger partial charge < -0.3 is 4.74 Å². The van der Waals surface area contributed by atoms with Gasteiger partial charge in [0.05, 0.1) is 12.2 Å². The molecule has 5 rings (SSSR count). The Morgan fingerprint density at radius 3 is 2.86 bits per heavy atom. The van der Waals surface area contributed by atoms with E-state index in [1.807, 2.05) is 6.08 Å². The number of carbonyl (C=O) groups excluding carboxylic acids is 1. The Morgan fingerprint density at radius 1 is 1.14 bits per heavy atom. The van der Waals surface area contributed by atoms with Gasteiger partial charge in [-0.1, -0.05) is 19.4 Å². The average Bonchev–Trinajstić information content (AvgIpc) is 3.17. The number of rotatable bonds is 0. The number of ether oxygens (including phenoxy) is 1. The molecule has 3 saturated carbocycles. The number of allylic oxidation sites excluding steroid dienone is 1. The van der Waals surface area contributed by atoms with Gasteiger partial charge in [0.15, 0.2) is 5.78 Å². The van der Waals surface area contributed by atoms with E-state index in [0.717, 1.165) is 30.6 Å². The van der Waals surface area contributed by atoms with Crippen molar-refractivity contribution in [2.45, 2.75) is 71.0 Å². The summed E-state index contributed by atoms with van der Waals surface area (Å²) >= 11 is 0. The second-order valence-corrected chi connectivity index (χ2v) is 8.84. The monoisotopic (exact) mass is 286 g/mol. The molecule has 1 heterocycles. The van der Waals surface area contributed by atoms with Crippen molar-refractivity contribution in [1.82, 2.24) is 0 Å². The molecule has 4 aliphatic carbocycles. The molecule has 0 aromatic carbocycles. The summed E-state index contributed by atoms with van der Waals surface area (Å²) in [5, 5.41) is 0. The lowest BCUT2D eigenvalue weighted by Gasteiger charge is -2.57. The van der Waals surface area contributed by atoms with Crippen LogP contribution >= 0.6 is 0 Å². The van der Waals surface area contributed by atoms with E-state index in [1.165, 1.54) is 37.7 Å². The highest BCUT2D eigenvalue weighted by Gasteiger charge is 2.67. The summed E-state index contributed by atoms with van der Waals surface area (Å²) in [5.74, 6) is 2.96. The molecule has 114 valence electrons. The molecule has 4 fully saturated rings. The molecule has 0 amide bonds. The normalized spacial score (nSPS) is 57.7. The van der Waals surface area contributed by atoms with E-state index in [2.05, 4.69) is 13.8 Å². The van der Waals surface area contributed by atoms with Gasteiger partial charge in [-0.25, -0.2) is 0 Å². The average molecular weight is 286 g/mol. The van der Waals surface area contributed by atoms with E-state index in [9.17, 15) is 4.79 Å². The predicted molar refractivity (Wildman–Crippen MR) is 80.8 cm³/mol. The van der Waals surface area contributed by atoms with Crippen molar-refractivity contribution >= 4 is 5.78 Å². The van der Waals surface area contributed by atoms with Crippen LogP contribution in [-0.2, 0) is 9.53 Å². The summed E-state index contributed by atoms with van der Waals surface area (Å²) in [4.78, 5) is 11.8. The quantitative estimate of drug-likeness (QED) is 0.632. The molecule has 5 aliphatic rings. The number of epoxide rings is 1. The maximum atomic E-state index is 11.8. The van der Waals surface area contributed by atoms with E-state index in [0.29, 0.717) is 28.8 Å². The molecule has 0 aromatic heterocycles. The third kappa shape index (κ3) is 1.50. The molecule has 7 atom stereocenters. The number of ketones is 1. The highest BCUT2D eigenvalue weighted by Crippen LogP contribution is 2.68. The second-order valence-electron chi connectivity index (χ2n) is 8.84. The maximum Gasteiger partial charge on any atom is 0.155 e. The van der Waals surface area contributed by atoms with Crippen molar-refractivity contribution in [3.63, 3.8) is 0 Å². The largest absolute Gasteiger partial charge is 0.369 e.